The van der Waals surface area contributed by atoms with Crippen LogP contribution in [-0.4, -0.2) is 46.5 Å². The van der Waals surface area contributed by atoms with Crippen LogP contribution >= 0.6 is 11.8 Å². The molecule has 2 aromatic carbocycles. The summed E-state index contributed by atoms with van der Waals surface area (Å²) < 4.78 is 5.85. The molecule has 32 heavy (non-hydrogen) atoms. The second-order valence-electron chi connectivity index (χ2n) is 8.34. The molecule has 4 rings (SSSR count). The molecular weight excluding hydrogens is 424 g/mol. The first-order valence-corrected chi connectivity index (χ1v) is 11.6. The van der Waals surface area contributed by atoms with Crippen LogP contribution < -0.4 is 4.74 Å². The summed E-state index contributed by atoms with van der Waals surface area (Å²) in [5.74, 6) is 0.368. The zero-order valence-corrected chi connectivity index (χ0v) is 19.1. The van der Waals surface area contributed by atoms with Gasteiger partial charge in [0.2, 0.25) is 5.91 Å². The number of ether oxygens (including phenoxy) is 1. The lowest BCUT2D eigenvalue weighted by Gasteiger charge is -2.29. The number of carbonyl (C=O) groups is 3. The van der Waals surface area contributed by atoms with Gasteiger partial charge in [-0.2, -0.15) is 0 Å². The van der Waals surface area contributed by atoms with Gasteiger partial charge in [-0.1, -0.05) is 56.3 Å². The molecule has 6 nitrogen and oxygen atoms in total. The summed E-state index contributed by atoms with van der Waals surface area (Å²) in [6.07, 6.45) is 2.44. The first kappa shape index (κ1) is 22.1. The molecule has 166 valence electrons. The molecule has 0 bridgehead atoms. The highest BCUT2D eigenvalue weighted by atomic mass is 32.2. The third-order valence-corrected chi connectivity index (χ3v) is 6.34. The lowest BCUT2D eigenvalue weighted by molar-refractivity contribution is -0.136. The summed E-state index contributed by atoms with van der Waals surface area (Å²) in [5.41, 5.74) is 3.08. The number of fused-ring (bicyclic) bond motifs is 1. The van der Waals surface area contributed by atoms with Crippen LogP contribution in [0, 0.1) is 5.92 Å². The molecule has 2 heterocycles. The van der Waals surface area contributed by atoms with E-state index >= 15 is 0 Å². The average Bonchev–Trinajstić information content (AvgIpc) is 3.05. The van der Waals surface area contributed by atoms with E-state index < -0.39 is 11.1 Å². The SMILES string of the molecule is CC(C)COc1ccccc1/C=C1/SC(=O)N(CC(=O)N2CCc3ccccc3C2)C1=O. The van der Waals surface area contributed by atoms with Crippen LogP contribution in [0.5, 0.6) is 5.75 Å². The largest absolute Gasteiger partial charge is 0.493 e. The Balaban J connectivity index is 1.45. The maximum atomic E-state index is 12.9. The van der Waals surface area contributed by atoms with Crippen LogP contribution in [0.15, 0.2) is 53.4 Å². The van der Waals surface area contributed by atoms with Gasteiger partial charge in [0.1, 0.15) is 12.3 Å². The van der Waals surface area contributed by atoms with Gasteiger partial charge in [-0.05, 0) is 47.4 Å². The van der Waals surface area contributed by atoms with Crippen molar-refractivity contribution in [3.05, 3.63) is 70.1 Å². The van der Waals surface area contributed by atoms with Crippen LogP contribution in [0.4, 0.5) is 4.79 Å². The van der Waals surface area contributed by atoms with Crippen molar-refractivity contribution < 1.29 is 19.1 Å². The molecule has 2 aliphatic rings. The van der Waals surface area contributed by atoms with Gasteiger partial charge in [0.15, 0.2) is 0 Å². The van der Waals surface area contributed by atoms with Gasteiger partial charge in [-0.15, -0.1) is 0 Å². The minimum atomic E-state index is -0.440. The molecule has 0 aliphatic carbocycles. The molecule has 0 spiro atoms. The summed E-state index contributed by atoms with van der Waals surface area (Å²) >= 11 is 0.859. The minimum Gasteiger partial charge on any atom is -0.493 e. The molecule has 2 aliphatic heterocycles. The Bertz CT molecular complexity index is 1080. The molecule has 0 atom stereocenters. The maximum absolute atomic E-state index is 12.9. The Hall–Kier alpha value is -3.06. The predicted molar refractivity (Wildman–Crippen MR) is 125 cm³/mol. The van der Waals surface area contributed by atoms with Crippen molar-refractivity contribution in [2.24, 2.45) is 5.92 Å². The highest BCUT2D eigenvalue weighted by Crippen LogP contribution is 2.34. The number of benzene rings is 2. The quantitative estimate of drug-likeness (QED) is 0.613. The van der Waals surface area contributed by atoms with Crippen molar-refractivity contribution >= 4 is 34.9 Å². The zero-order chi connectivity index (χ0) is 22.7. The van der Waals surface area contributed by atoms with Crippen molar-refractivity contribution in [2.45, 2.75) is 26.8 Å². The van der Waals surface area contributed by atoms with Crippen LogP contribution in [0.25, 0.3) is 6.08 Å². The van der Waals surface area contributed by atoms with Crippen molar-refractivity contribution in [2.75, 3.05) is 19.7 Å². The molecule has 3 amide bonds. The van der Waals surface area contributed by atoms with E-state index in [4.69, 9.17) is 4.74 Å². The number of imide groups is 1. The van der Waals surface area contributed by atoms with E-state index in [2.05, 4.69) is 19.9 Å². The Morgan fingerprint density at radius 3 is 2.59 bits per heavy atom. The normalized spacial score (nSPS) is 17.3. The number of carbonyl (C=O) groups excluding carboxylic acids is 3. The average molecular weight is 451 g/mol. The number of para-hydroxylation sites is 1. The van der Waals surface area contributed by atoms with Gasteiger partial charge in [0.25, 0.3) is 11.1 Å². The fourth-order valence-corrected chi connectivity index (χ4v) is 4.54. The van der Waals surface area contributed by atoms with E-state index in [0.717, 1.165) is 34.2 Å². The van der Waals surface area contributed by atoms with Gasteiger partial charge in [-0.25, -0.2) is 0 Å². The fraction of sp³-hybridized carbons (Fsp3) is 0.320. The standard InChI is InChI=1S/C25H26N2O4S/c1-17(2)16-31-21-10-6-5-8-19(21)13-22-24(29)27(25(30)32-22)15-23(28)26-12-11-18-7-3-4-9-20(18)14-26/h3-10,13,17H,11-12,14-16H2,1-2H3/b22-13+. The molecule has 0 radical (unpaired) electrons. The zero-order valence-electron chi connectivity index (χ0n) is 18.2. The molecule has 1 saturated heterocycles. The first-order chi connectivity index (χ1) is 15.4. The van der Waals surface area contributed by atoms with Crippen LogP contribution in [0.1, 0.15) is 30.5 Å². The summed E-state index contributed by atoms with van der Waals surface area (Å²) in [4.78, 5) is 41.3. The van der Waals surface area contributed by atoms with E-state index in [-0.39, 0.29) is 12.5 Å². The number of rotatable bonds is 6. The van der Waals surface area contributed by atoms with Gasteiger partial charge < -0.3 is 9.64 Å². The summed E-state index contributed by atoms with van der Waals surface area (Å²) in [7, 11) is 0. The Labute approximate surface area is 192 Å². The Morgan fingerprint density at radius 2 is 1.81 bits per heavy atom. The third-order valence-electron chi connectivity index (χ3n) is 5.43. The Kier molecular flexibility index (Phi) is 6.65. The molecule has 7 heteroatoms. The van der Waals surface area contributed by atoms with Crippen molar-refractivity contribution in [3.63, 3.8) is 0 Å². The monoisotopic (exact) mass is 450 g/mol. The summed E-state index contributed by atoms with van der Waals surface area (Å²) in [6.45, 7) is 5.53. The second kappa shape index (κ2) is 9.61. The fourth-order valence-electron chi connectivity index (χ4n) is 3.71. The van der Waals surface area contributed by atoms with Gasteiger partial charge in [0.05, 0.1) is 11.5 Å². The van der Waals surface area contributed by atoms with E-state index in [0.29, 0.717) is 36.3 Å². The first-order valence-electron chi connectivity index (χ1n) is 10.7. The molecule has 0 saturated carbocycles. The topological polar surface area (TPSA) is 66.9 Å². The predicted octanol–water partition coefficient (Wildman–Crippen LogP) is 4.34. The number of hydrogen-bond acceptors (Lipinski definition) is 5. The van der Waals surface area contributed by atoms with Crippen LogP contribution in [-0.2, 0) is 22.6 Å². The highest BCUT2D eigenvalue weighted by Gasteiger charge is 2.37. The number of nitrogens with zero attached hydrogens (tertiary/aromatic N) is 2. The van der Waals surface area contributed by atoms with Crippen molar-refractivity contribution in [3.8, 4) is 5.75 Å². The van der Waals surface area contributed by atoms with E-state index in [1.165, 1.54) is 5.56 Å². The Morgan fingerprint density at radius 1 is 1.09 bits per heavy atom. The highest BCUT2D eigenvalue weighted by molar-refractivity contribution is 8.18. The summed E-state index contributed by atoms with van der Waals surface area (Å²) in [6, 6.07) is 15.4. The third kappa shape index (κ3) is 4.88. The molecule has 0 N–H and O–H groups in total. The smallest absolute Gasteiger partial charge is 0.294 e. The van der Waals surface area contributed by atoms with Crippen LogP contribution in [0.3, 0.4) is 0 Å². The van der Waals surface area contributed by atoms with E-state index in [1.54, 1.807) is 11.0 Å². The molecule has 0 aromatic heterocycles. The van der Waals surface area contributed by atoms with E-state index in [1.807, 2.05) is 42.5 Å². The van der Waals surface area contributed by atoms with Crippen molar-refractivity contribution in [1.82, 2.24) is 9.80 Å². The lowest BCUT2D eigenvalue weighted by Crippen LogP contribution is -2.44. The number of thioether (sulfide) groups is 1. The van der Waals surface area contributed by atoms with Crippen LogP contribution in [0.2, 0.25) is 0 Å². The second-order valence-corrected chi connectivity index (χ2v) is 9.34. The van der Waals surface area contributed by atoms with Gasteiger partial charge in [-0.3, -0.25) is 19.3 Å². The van der Waals surface area contributed by atoms with Crippen molar-refractivity contribution in [1.29, 1.82) is 0 Å². The number of amides is 3. The lowest BCUT2D eigenvalue weighted by atomic mass is 10.00. The number of hydrogen-bond donors (Lipinski definition) is 0. The molecule has 0 unspecified atom stereocenters. The minimum absolute atomic E-state index is 0.219. The molecule has 1 fully saturated rings. The van der Waals surface area contributed by atoms with Gasteiger partial charge >= 0.3 is 0 Å². The summed E-state index contributed by atoms with van der Waals surface area (Å²) in [5, 5.41) is -0.424. The maximum Gasteiger partial charge on any atom is 0.294 e. The van der Waals surface area contributed by atoms with E-state index in [9.17, 15) is 14.4 Å². The molecular formula is C25H26N2O4S. The van der Waals surface area contributed by atoms with Gasteiger partial charge in [0, 0.05) is 18.7 Å². The molecule has 2 aromatic rings.